The van der Waals surface area contributed by atoms with Crippen molar-refractivity contribution in [3.63, 3.8) is 0 Å². The summed E-state index contributed by atoms with van der Waals surface area (Å²) >= 11 is 6.09. The minimum atomic E-state index is -0.968. The second kappa shape index (κ2) is 8.18. The number of hydrogen-bond donors (Lipinski definition) is 1. The number of carbonyl (C=O) groups excluding carboxylic acids is 1. The van der Waals surface area contributed by atoms with E-state index in [0.29, 0.717) is 21.2 Å². The molecule has 3 aromatic rings. The molecule has 0 aliphatic carbocycles. The van der Waals surface area contributed by atoms with Gasteiger partial charge < -0.3 is 5.32 Å². The molecule has 0 aliphatic heterocycles. The molecule has 0 fully saturated rings. The molecule has 0 saturated heterocycles. The van der Waals surface area contributed by atoms with E-state index in [1.165, 1.54) is 10.8 Å². The molecule has 2 aromatic carbocycles. The zero-order valence-electron chi connectivity index (χ0n) is 14.4. The third-order valence-corrected chi connectivity index (χ3v) is 4.31. The Balaban J connectivity index is 1.84. The summed E-state index contributed by atoms with van der Waals surface area (Å²) in [6, 6.07) is 10.7. The predicted molar refractivity (Wildman–Crippen MR) is 101 cm³/mol. The van der Waals surface area contributed by atoms with Crippen LogP contribution < -0.4 is 16.6 Å². The smallest absolute Gasteiger partial charge is 0.322 e. The van der Waals surface area contributed by atoms with Crippen molar-refractivity contribution < 1.29 is 13.6 Å². The number of benzene rings is 2. The Bertz CT molecular complexity index is 1160. The van der Waals surface area contributed by atoms with Gasteiger partial charge >= 0.3 is 5.69 Å². The van der Waals surface area contributed by atoms with Crippen LogP contribution in [0.4, 0.5) is 14.5 Å². The SMILES string of the molecule is O=C(Cn1c(=O)ccn(Cc2ccccc2Cl)c1=O)Nc1ccc(F)cc1F. The molecule has 1 heterocycles. The molecule has 6 nitrogen and oxygen atoms in total. The summed E-state index contributed by atoms with van der Waals surface area (Å²) in [4.78, 5) is 36.8. The van der Waals surface area contributed by atoms with Crippen molar-refractivity contribution in [3.8, 4) is 0 Å². The van der Waals surface area contributed by atoms with Crippen molar-refractivity contribution in [1.29, 1.82) is 0 Å². The fraction of sp³-hybridized carbons (Fsp3) is 0.105. The Labute approximate surface area is 162 Å². The van der Waals surface area contributed by atoms with Gasteiger partial charge in [-0.05, 0) is 23.8 Å². The Morgan fingerprint density at radius 3 is 2.54 bits per heavy atom. The molecule has 9 heteroatoms. The van der Waals surface area contributed by atoms with E-state index in [2.05, 4.69) is 5.32 Å². The summed E-state index contributed by atoms with van der Waals surface area (Å²) in [6.07, 6.45) is 1.31. The highest BCUT2D eigenvalue weighted by molar-refractivity contribution is 6.31. The van der Waals surface area contributed by atoms with Crippen LogP contribution in [0.15, 0.2) is 64.3 Å². The van der Waals surface area contributed by atoms with Gasteiger partial charge in [0.15, 0.2) is 0 Å². The quantitative estimate of drug-likeness (QED) is 0.709. The van der Waals surface area contributed by atoms with Crippen molar-refractivity contribution in [2.75, 3.05) is 5.32 Å². The Kier molecular flexibility index (Phi) is 5.70. The molecule has 144 valence electrons. The minimum absolute atomic E-state index is 0.104. The van der Waals surface area contributed by atoms with E-state index in [0.717, 1.165) is 18.2 Å². The standard InChI is InChI=1S/C19H14ClF2N3O3/c20-14-4-2-1-3-12(14)10-24-8-7-18(27)25(19(24)28)11-17(26)23-16-6-5-13(21)9-15(16)22/h1-9H,10-11H2,(H,23,26). The van der Waals surface area contributed by atoms with E-state index < -0.39 is 35.3 Å². The van der Waals surface area contributed by atoms with E-state index in [4.69, 9.17) is 11.6 Å². The van der Waals surface area contributed by atoms with Crippen molar-refractivity contribution in [2.24, 2.45) is 0 Å². The number of hydrogen-bond acceptors (Lipinski definition) is 3. The zero-order chi connectivity index (χ0) is 20.3. The van der Waals surface area contributed by atoms with Crippen LogP contribution in [0.2, 0.25) is 5.02 Å². The van der Waals surface area contributed by atoms with E-state index in [-0.39, 0.29) is 12.2 Å². The average molecular weight is 406 g/mol. The summed E-state index contributed by atoms with van der Waals surface area (Å²) in [5.41, 5.74) is -1.00. The lowest BCUT2D eigenvalue weighted by Crippen LogP contribution is -2.42. The van der Waals surface area contributed by atoms with Crippen LogP contribution in [0, 0.1) is 11.6 Å². The summed E-state index contributed by atoms with van der Waals surface area (Å²) in [5, 5.41) is 2.66. The fourth-order valence-corrected chi connectivity index (χ4v) is 2.75. The lowest BCUT2D eigenvalue weighted by Gasteiger charge is -2.11. The monoisotopic (exact) mass is 405 g/mol. The first-order valence-electron chi connectivity index (χ1n) is 8.14. The Hall–Kier alpha value is -3.26. The largest absolute Gasteiger partial charge is 0.331 e. The number of carbonyl (C=O) groups is 1. The predicted octanol–water partition coefficient (Wildman–Crippen LogP) is 2.63. The third kappa shape index (κ3) is 4.34. The summed E-state index contributed by atoms with van der Waals surface area (Å²) in [6.45, 7) is -0.523. The molecule has 3 rings (SSSR count). The minimum Gasteiger partial charge on any atom is -0.322 e. The molecule has 1 aromatic heterocycles. The molecule has 0 radical (unpaired) electrons. The highest BCUT2D eigenvalue weighted by atomic mass is 35.5. The van der Waals surface area contributed by atoms with Gasteiger partial charge in [-0.25, -0.2) is 13.6 Å². The van der Waals surface area contributed by atoms with E-state index in [9.17, 15) is 23.2 Å². The van der Waals surface area contributed by atoms with Crippen LogP contribution in [0.5, 0.6) is 0 Å². The topological polar surface area (TPSA) is 73.1 Å². The summed E-state index contributed by atoms with van der Waals surface area (Å²) < 4.78 is 28.5. The molecular weight excluding hydrogens is 392 g/mol. The molecule has 0 bridgehead atoms. The average Bonchev–Trinajstić information content (AvgIpc) is 2.65. The van der Waals surface area contributed by atoms with Crippen molar-refractivity contribution in [3.05, 3.63) is 97.8 Å². The molecule has 0 unspecified atom stereocenters. The number of anilines is 1. The van der Waals surface area contributed by atoms with Crippen molar-refractivity contribution in [1.82, 2.24) is 9.13 Å². The third-order valence-electron chi connectivity index (χ3n) is 3.95. The van der Waals surface area contributed by atoms with Crippen LogP contribution in [0.25, 0.3) is 0 Å². The number of nitrogens with one attached hydrogen (secondary N) is 1. The first-order valence-corrected chi connectivity index (χ1v) is 8.51. The lowest BCUT2D eigenvalue weighted by atomic mass is 10.2. The maximum Gasteiger partial charge on any atom is 0.331 e. The van der Waals surface area contributed by atoms with Gasteiger partial charge in [-0.15, -0.1) is 0 Å². The first-order chi connectivity index (χ1) is 13.3. The fourth-order valence-electron chi connectivity index (χ4n) is 2.56. The number of nitrogens with zero attached hydrogens (tertiary/aromatic N) is 2. The van der Waals surface area contributed by atoms with Gasteiger partial charge in [-0.2, -0.15) is 0 Å². The van der Waals surface area contributed by atoms with Crippen molar-refractivity contribution >= 4 is 23.2 Å². The van der Waals surface area contributed by atoms with Gasteiger partial charge in [-0.1, -0.05) is 29.8 Å². The Morgan fingerprint density at radius 2 is 1.82 bits per heavy atom. The highest BCUT2D eigenvalue weighted by Gasteiger charge is 2.13. The van der Waals surface area contributed by atoms with Gasteiger partial charge in [-0.3, -0.25) is 18.7 Å². The number of amides is 1. The van der Waals surface area contributed by atoms with Gasteiger partial charge in [0.25, 0.3) is 5.56 Å². The molecule has 0 spiro atoms. The number of halogens is 3. The summed E-state index contributed by atoms with van der Waals surface area (Å²) in [7, 11) is 0. The molecule has 1 amide bonds. The van der Waals surface area contributed by atoms with Crippen molar-refractivity contribution in [2.45, 2.75) is 13.1 Å². The van der Waals surface area contributed by atoms with Gasteiger partial charge in [0, 0.05) is 23.4 Å². The van der Waals surface area contributed by atoms with E-state index in [1.54, 1.807) is 24.3 Å². The normalized spacial score (nSPS) is 10.7. The molecule has 0 aliphatic rings. The first kappa shape index (κ1) is 19.5. The van der Waals surface area contributed by atoms with Gasteiger partial charge in [0.1, 0.15) is 18.2 Å². The van der Waals surface area contributed by atoms with Crippen LogP contribution in [0.1, 0.15) is 5.56 Å². The van der Waals surface area contributed by atoms with Crippen LogP contribution in [-0.4, -0.2) is 15.0 Å². The maximum atomic E-state index is 13.7. The molecule has 0 saturated carbocycles. The van der Waals surface area contributed by atoms with Crippen LogP contribution in [0.3, 0.4) is 0 Å². The van der Waals surface area contributed by atoms with Gasteiger partial charge in [0.05, 0.1) is 12.2 Å². The van der Waals surface area contributed by atoms with E-state index >= 15 is 0 Å². The number of rotatable bonds is 5. The highest BCUT2D eigenvalue weighted by Crippen LogP contribution is 2.16. The second-order valence-electron chi connectivity index (χ2n) is 5.91. The molecular formula is C19H14ClF2N3O3. The molecule has 28 heavy (non-hydrogen) atoms. The van der Waals surface area contributed by atoms with Gasteiger partial charge in [0.2, 0.25) is 5.91 Å². The maximum absolute atomic E-state index is 13.7. The van der Waals surface area contributed by atoms with E-state index in [1.807, 2.05) is 0 Å². The lowest BCUT2D eigenvalue weighted by molar-refractivity contribution is -0.116. The molecule has 0 atom stereocenters. The zero-order valence-corrected chi connectivity index (χ0v) is 15.1. The van der Waals surface area contributed by atoms with Crippen LogP contribution >= 0.6 is 11.6 Å². The molecule has 1 N–H and O–H groups in total. The Morgan fingerprint density at radius 1 is 1.07 bits per heavy atom. The second-order valence-corrected chi connectivity index (χ2v) is 6.32. The number of aromatic nitrogens is 2. The van der Waals surface area contributed by atoms with Crippen LogP contribution in [-0.2, 0) is 17.9 Å². The summed E-state index contributed by atoms with van der Waals surface area (Å²) in [5.74, 6) is -2.57.